The normalized spacial score (nSPS) is 20.3. The molecule has 1 heterocycles. The minimum atomic E-state index is 0.340. The molecule has 1 aliphatic heterocycles. The highest BCUT2D eigenvalue weighted by molar-refractivity contribution is 8.02. The van der Waals surface area contributed by atoms with Gasteiger partial charge in [0.25, 0.3) is 0 Å². The van der Waals surface area contributed by atoms with E-state index in [4.69, 9.17) is 0 Å². The molecular weight excluding hydrogens is 108 g/mol. The van der Waals surface area contributed by atoms with Gasteiger partial charge in [0.15, 0.2) is 0 Å². The van der Waals surface area contributed by atoms with Gasteiger partial charge < -0.3 is 0 Å². The summed E-state index contributed by atoms with van der Waals surface area (Å²) in [7, 11) is 0. The van der Waals surface area contributed by atoms with E-state index in [1.54, 1.807) is 11.8 Å². The highest BCUT2D eigenvalue weighted by Gasteiger charge is 2.00. The molecule has 0 spiro atoms. The molecule has 0 atom stereocenters. The number of hydrogen-bond acceptors (Lipinski definition) is 2. The van der Waals surface area contributed by atoms with Gasteiger partial charge >= 0.3 is 0 Å². The van der Waals surface area contributed by atoms with Gasteiger partial charge in [-0.05, 0) is 5.41 Å². The van der Waals surface area contributed by atoms with Crippen molar-refractivity contribution >= 4 is 17.5 Å². The Morgan fingerprint density at radius 2 is 2.57 bits per heavy atom. The van der Waals surface area contributed by atoms with Crippen LogP contribution in [-0.2, 0) is 4.79 Å². The molecule has 0 N–H and O–H groups in total. The van der Waals surface area contributed by atoms with E-state index in [0.717, 1.165) is 0 Å². The Hall–Kier alpha value is -0.240. The number of rotatable bonds is 0. The molecule has 38 valence electrons. The minimum Gasteiger partial charge on any atom is -0.298 e. The maximum absolute atomic E-state index is 10.4. The van der Waals surface area contributed by atoms with E-state index in [1.165, 1.54) is 0 Å². The van der Waals surface area contributed by atoms with Crippen LogP contribution in [0.15, 0.2) is 11.5 Å². The van der Waals surface area contributed by atoms with Gasteiger partial charge in [0.1, 0.15) is 5.78 Å². The van der Waals surface area contributed by atoms with Crippen molar-refractivity contribution < 1.29 is 4.79 Å². The maximum atomic E-state index is 10.4. The quantitative estimate of drug-likeness (QED) is 0.471. The third-order valence-corrected chi connectivity index (χ3v) is 1.66. The molecule has 0 amide bonds. The Labute approximate surface area is 46.8 Å². The summed E-state index contributed by atoms with van der Waals surface area (Å²) < 4.78 is 0. The summed E-state index contributed by atoms with van der Waals surface area (Å²) in [4.78, 5) is 10.4. The van der Waals surface area contributed by atoms with Crippen LogP contribution in [0.25, 0.3) is 0 Å². The lowest BCUT2D eigenvalue weighted by Crippen LogP contribution is -2.00. The van der Waals surface area contributed by atoms with Gasteiger partial charge in [0, 0.05) is 6.42 Å². The zero-order valence-corrected chi connectivity index (χ0v) is 4.70. The molecule has 0 aromatic heterocycles. The van der Waals surface area contributed by atoms with Gasteiger partial charge in [0.05, 0.1) is 5.75 Å². The molecule has 1 nitrogen and oxygen atoms in total. The number of carbonyl (C=O) groups excluding carboxylic acids is 1. The van der Waals surface area contributed by atoms with E-state index in [-0.39, 0.29) is 0 Å². The standard InChI is InChI=1S/C5H6OS/c6-5-2-1-3-7-4-5/h1,3H,2,4H2. The van der Waals surface area contributed by atoms with E-state index in [0.29, 0.717) is 18.0 Å². The van der Waals surface area contributed by atoms with Crippen LogP contribution in [0.2, 0.25) is 0 Å². The fourth-order valence-corrected chi connectivity index (χ4v) is 1.08. The number of allylic oxidation sites excluding steroid dienone is 1. The lowest BCUT2D eigenvalue weighted by atomic mass is 10.3. The summed E-state index contributed by atoms with van der Waals surface area (Å²) >= 11 is 1.57. The Kier molecular flexibility index (Phi) is 1.52. The van der Waals surface area contributed by atoms with Crippen molar-refractivity contribution in [1.82, 2.24) is 0 Å². The van der Waals surface area contributed by atoms with Crippen LogP contribution < -0.4 is 0 Å². The largest absolute Gasteiger partial charge is 0.298 e. The van der Waals surface area contributed by atoms with Crippen molar-refractivity contribution in [3.63, 3.8) is 0 Å². The molecule has 0 fully saturated rings. The monoisotopic (exact) mass is 114 g/mol. The third kappa shape index (κ3) is 1.35. The number of ketones is 1. The first-order valence-corrected chi connectivity index (χ1v) is 3.23. The molecule has 0 saturated carbocycles. The Balaban J connectivity index is 2.47. The average Bonchev–Trinajstić information content (AvgIpc) is 1.69. The van der Waals surface area contributed by atoms with Crippen molar-refractivity contribution in [1.29, 1.82) is 0 Å². The molecule has 0 saturated heterocycles. The van der Waals surface area contributed by atoms with Crippen LogP contribution in [-0.4, -0.2) is 11.5 Å². The predicted molar refractivity (Wildman–Crippen MR) is 31.2 cm³/mol. The number of hydrogen-bond donors (Lipinski definition) is 0. The Morgan fingerprint density at radius 1 is 1.71 bits per heavy atom. The maximum Gasteiger partial charge on any atom is 0.146 e. The summed E-state index contributed by atoms with van der Waals surface area (Å²) in [5.74, 6) is 1.02. The molecule has 0 aromatic rings. The summed E-state index contributed by atoms with van der Waals surface area (Å²) in [5.41, 5.74) is 0. The summed E-state index contributed by atoms with van der Waals surface area (Å²) in [6, 6.07) is 0. The molecule has 0 aromatic carbocycles. The summed E-state index contributed by atoms with van der Waals surface area (Å²) in [5, 5.41) is 1.97. The summed E-state index contributed by atoms with van der Waals surface area (Å²) in [6.45, 7) is 0. The molecule has 0 bridgehead atoms. The summed E-state index contributed by atoms with van der Waals surface area (Å²) in [6.07, 6.45) is 2.55. The van der Waals surface area contributed by atoms with Crippen LogP contribution in [0.4, 0.5) is 0 Å². The highest BCUT2D eigenvalue weighted by atomic mass is 32.2. The van der Waals surface area contributed by atoms with E-state index in [2.05, 4.69) is 0 Å². The first kappa shape index (κ1) is 4.91. The van der Waals surface area contributed by atoms with E-state index in [9.17, 15) is 4.79 Å². The predicted octanol–water partition coefficient (Wildman–Crippen LogP) is 1.21. The fraction of sp³-hybridized carbons (Fsp3) is 0.400. The first-order chi connectivity index (χ1) is 3.39. The third-order valence-electron chi connectivity index (χ3n) is 0.782. The smallest absolute Gasteiger partial charge is 0.146 e. The van der Waals surface area contributed by atoms with Gasteiger partial charge in [-0.25, -0.2) is 0 Å². The second kappa shape index (κ2) is 2.17. The lowest BCUT2D eigenvalue weighted by Gasteiger charge is -1.97. The van der Waals surface area contributed by atoms with Gasteiger partial charge in [-0.1, -0.05) is 6.08 Å². The van der Waals surface area contributed by atoms with Crippen molar-refractivity contribution in [3.05, 3.63) is 11.5 Å². The topological polar surface area (TPSA) is 17.1 Å². The highest BCUT2D eigenvalue weighted by Crippen LogP contribution is 2.09. The second-order valence-electron chi connectivity index (χ2n) is 1.43. The van der Waals surface area contributed by atoms with Gasteiger partial charge in [0.2, 0.25) is 0 Å². The average molecular weight is 114 g/mol. The van der Waals surface area contributed by atoms with Crippen LogP contribution >= 0.6 is 11.8 Å². The fourth-order valence-electron chi connectivity index (χ4n) is 0.448. The van der Waals surface area contributed by atoms with Crippen molar-refractivity contribution in [2.75, 3.05) is 5.75 Å². The van der Waals surface area contributed by atoms with Gasteiger partial charge in [-0.2, -0.15) is 0 Å². The second-order valence-corrected chi connectivity index (χ2v) is 2.32. The van der Waals surface area contributed by atoms with Crippen LogP contribution in [0, 0.1) is 0 Å². The number of thioether (sulfide) groups is 1. The SMILES string of the molecule is O=C1CC=CSC1. The van der Waals surface area contributed by atoms with Crippen molar-refractivity contribution in [2.45, 2.75) is 6.42 Å². The Bertz CT molecular complexity index is 107. The van der Waals surface area contributed by atoms with Gasteiger partial charge in [-0.3, -0.25) is 4.79 Å². The van der Waals surface area contributed by atoms with E-state index in [1.807, 2.05) is 11.5 Å². The molecular formula is C5H6OS. The van der Waals surface area contributed by atoms with Gasteiger partial charge in [-0.15, -0.1) is 11.8 Å². The van der Waals surface area contributed by atoms with Crippen LogP contribution in [0.3, 0.4) is 0 Å². The molecule has 0 aliphatic carbocycles. The van der Waals surface area contributed by atoms with E-state index >= 15 is 0 Å². The molecule has 2 heteroatoms. The number of Topliss-reactive ketones (excluding diaryl/α,β-unsaturated/α-hetero) is 1. The molecule has 7 heavy (non-hydrogen) atoms. The van der Waals surface area contributed by atoms with Crippen LogP contribution in [0.5, 0.6) is 0 Å². The van der Waals surface area contributed by atoms with E-state index < -0.39 is 0 Å². The zero-order chi connectivity index (χ0) is 5.11. The molecule has 1 rings (SSSR count). The van der Waals surface area contributed by atoms with Crippen molar-refractivity contribution in [2.24, 2.45) is 0 Å². The van der Waals surface area contributed by atoms with Crippen molar-refractivity contribution in [3.8, 4) is 0 Å². The number of carbonyl (C=O) groups is 1. The molecule has 1 aliphatic rings. The molecule has 0 unspecified atom stereocenters. The molecule has 0 radical (unpaired) electrons. The van der Waals surface area contributed by atoms with Crippen LogP contribution in [0.1, 0.15) is 6.42 Å². The Morgan fingerprint density at radius 3 is 2.86 bits per heavy atom. The zero-order valence-electron chi connectivity index (χ0n) is 3.89. The lowest BCUT2D eigenvalue weighted by molar-refractivity contribution is -0.115. The minimum absolute atomic E-state index is 0.340. The first-order valence-electron chi connectivity index (χ1n) is 2.18.